The van der Waals surface area contributed by atoms with Gasteiger partial charge in [-0.2, -0.15) is 0 Å². The Bertz CT molecular complexity index is 1100. The maximum Gasteiger partial charge on any atom is 0.303 e. The van der Waals surface area contributed by atoms with Crippen LogP contribution in [-0.4, -0.2) is 17.7 Å². The number of fused-ring (bicyclic) bond motifs is 1. The molecule has 0 saturated carbocycles. The Morgan fingerprint density at radius 2 is 1.97 bits per heavy atom. The van der Waals surface area contributed by atoms with Gasteiger partial charge in [-0.1, -0.05) is 6.07 Å². The Morgan fingerprint density at radius 3 is 2.68 bits per heavy atom. The number of alkyl halides is 1. The lowest BCUT2D eigenvalue weighted by molar-refractivity contribution is -0.136. The highest BCUT2D eigenvalue weighted by molar-refractivity contribution is 7.10. The van der Waals surface area contributed by atoms with E-state index in [2.05, 4.69) is 0 Å². The highest BCUT2D eigenvalue weighted by Gasteiger charge is 2.20. The first-order valence-corrected chi connectivity index (χ1v) is 10.6. The molecule has 0 unspecified atom stereocenters. The number of thiophene rings is 1. The normalized spacial score (nSPS) is 12.5. The van der Waals surface area contributed by atoms with Crippen LogP contribution in [0.2, 0.25) is 0 Å². The van der Waals surface area contributed by atoms with Crippen molar-refractivity contribution in [1.29, 1.82) is 0 Å². The number of hydrogen-bond acceptors (Lipinski definition) is 4. The lowest BCUT2D eigenvalue weighted by atomic mass is 10.00. The molecule has 0 fully saturated rings. The third-order valence-corrected chi connectivity index (χ3v) is 6.14. The maximum absolute atomic E-state index is 14.4. The SMILES string of the molecule is O=C(O)CCc1cc(F)c(OCc2c(-c3ccc4c(c3)CCO4)csc2CF)c(F)c1. The van der Waals surface area contributed by atoms with E-state index in [1.54, 1.807) is 0 Å². The molecule has 0 radical (unpaired) electrons. The smallest absolute Gasteiger partial charge is 0.303 e. The summed E-state index contributed by atoms with van der Waals surface area (Å²) >= 11 is 1.23. The molecule has 3 aromatic rings. The number of halogens is 3. The van der Waals surface area contributed by atoms with Gasteiger partial charge < -0.3 is 14.6 Å². The molecule has 0 bridgehead atoms. The number of carboxylic acid groups (broad SMARTS) is 1. The Morgan fingerprint density at radius 1 is 1.19 bits per heavy atom. The molecule has 0 aliphatic carbocycles. The molecule has 4 nitrogen and oxygen atoms in total. The highest BCUT2D eigenvalue weighted by atomic mass is 32.1. The van der Waals surface area contributed by atoms with Crippen molar-refractivity contribution in [3.63, 3.8) is 0 Å². The average molecular weight is 448 g/mol. The fourth-order valence-electron chi connectivity index (χ4n) is 3.58. The van der Waals surface area contributed by atoms with Gasteiger partial charge in [-0.15, -0.1) is 11.3 Å². The Balaban J connectivity index is 1.58. The largest absolute Gasteiger partial charge is 0.493 e. The van der Waals surface area contributed by atoms with E-state index in [1.165, 1.54) is 11.3 Å². The minimum Gasteiger partial charge on any atom is -0.493 e. The molecule has 0 spiro atoms. The number of hydrogen-bond donors (Lipinski definition) is 1. The van der Waals surface area contributed by atoms with E-state index >= 15 is 0 Å². The van der Waals surface area contributed by atoms with Crippen LogP contribution >= 0.6 is 11.3 Å². The van der Waals surface area contributed by atoms with Crippen LogP contribution in [0, 0.1) is 11.6 Å². The lowest BCUT2D eigenvalue weighted by Crippen LogP contribution is -2.04. The van der Waals surface area contributed by atoms with E-state index in [0.29, 0.717) is 17.0 Å². The van der Waals surface area contributed by atoms with Crippen molar-refractivity contribution < 1.29 is 32.5 Å². The van der Waals surface area contributed by atoms with Crippen molar-refractivity contribution in [2.24, 2.45) is 0 Å². The molecule has 0 saturated heterocycles. The van der Waals surface area contributed by atoms with E-state index in [9.17, 15) is 18.0 Å². The number of carbonyl (C=O) groups is 1. The number of rotatable bonds is 8. The second-order valence-corrected chi connectivity index (χ2v) is 8.14. The molecule has 1 aromatic heterocycles. The van der Waals surface area contributed by atoms with Crippen molar-refractivity contribution >= 4 is 17.3 Å². The zero-order valence-corrected chi connectivity index (χ0v) is 17.2. The van der Waals surface area contributed by atoms with Crippen LogP contribution in [0.3, 0.4) is 0 Å². The standard InChI is InChI=1S/C23H19F3O4S/c24-10-21-16(17(12-31-21)14-2-3-20-15(9-14)5-6-29-20)11-30-23-18(25)7-13(8-19(23)26)1-4-22(27)28/h2-3,7-9,12H,1,4-6,10-11H2,(H,27,28). The molecule has 162 valence electrons. The maximum atomic E-state index is 14.4. The third kappa shape index (κ3) is 4.54. The van der Waals surface area contributed by atoms with E-state index in [1.807, 2.05) is 23.6 Å². The predicted octanol–water partition coefficient (Wildman–Crippen LogP) is 5.69. The lowest BCUT2D eigenvalue weighted by Gasteiger charge is -2.12. The summed E-state index contributed by atoms with van der Waals surface area (Å²) in [4.78, 5) is 11.1. The zero-order chi connectivity index (χ0) is 22.0. The minimum absolute atomic E-state index is 0.00613. The summed E-state index contributed by atoms with van der Waals surface area (Å²) in [6.45, 7) is -0.292. The van der Waals surface area contributed by atoms with Crippen LogP contribution in [-0.2, 0) is 30.9 Å². The number of aliphatic carboxylic acids is 1. The summed E-state index contributed by atoms with van der Waals surface area (Å²) in [5, 5.41) is 10.5. The number of ether oxygens (including phenoxy) is 2. The molecule has 1 N–H and O–H groups in total. The Hall–Kier alpha value is -3.00. The van der Waals surface area contributed by atoms with E-state index < -0.39 is 30.0 Å². The number of carboxylic acids is 1. The van der Waals surface area contributed by atoms with E-state index in [-0.39, 0.29) is 25.0 Å². The summed E-state index contributed by atoms with van der Waals surface area (Å²) in [6, 6.07) is 7.84. The van der Waals surface area contributed by atoms with Crippen molar-refractivity contribution in [1.82, 2.24) is 0 Å². The minimum atomic E-state index is -1.05. The molecule has 0 atom stereocenters. The van der Waals surface area contributed by atoms with Gasteiger partial charge in [0, 0.05) is 23.3 Å². The molecule has 8 heteroatoms. The summed E-state index contributed by atoms with van der Waals surface area (Å²) < 4.78 is 53.4. The van der Waals surface area contributed by atoms with Crippen LogP contribution in [0.15, 0.2) is 35.7 Å². The van der Waals surface area contributed by atoms with E-state index in [4.69, 9.17) is 14.6 Å². The molecule has 1 aliphatic rings. The van der Waals surface area contributed by atoms with Gasteiger partial charge in [0.1, 0.15) is 19.0 Å². The first-order chi connectivity index (χ1) is 15.0. The molecular weight excluding hydrogens is 429 g/mol. The van der Waals surface area contributed by atoms with Gasteiger partial charge in [-0.05, 0) is 58.3 Å². The topological polar surface area (TPSA) is 55.8 Å². The second kappa shape index (κ2) is 9.01. The van der Waals surface area contributed by atoms with Crippen LogP contribution in [0.5, 0.6) is 11.5 Å². The van der Waals surface area contributed by atoms with E-state index in [0.717, 1.165) is 41.0 Å². The van der Waals surface area contributed by atoms with Crippen molar-refractivity contribution in [3.8, 4) is 22.6 Å². The molecule has 1 aliphatic heterocycles. The number of benzene rings is 2. The van der Waals surface area contributed by atoms with Crippen molar-refractivity contribution in [2.45, 2.75) is 32.5 Å². The fourth-order valence-corrected chi connectivity index (χ4v) is 4.49. The van der Waals surface area contributed by atoms with Crippen LogP contribution in [0.25, 0.3) is 11.1 Å². The molecule has 2 heterocycles. The Labute approximate surface area is 180 Å². The average Bonchev–Trinajstić information content (AvgIpc) is 3.37. The molecular formula is C23H19F3O4S. The quantitative estimate of drug-likeness (QED) is 0.481. The third-order valence-electron chi connectivity index (χ3n) is 5.15. The predicted molar refractivity (Wildman–Crippen MR) is 110 cm³/mol. The summed E-state index contributed by atoms with van der Waals surface area (Å²) in [5.74, 6) is -2.64. The molecule has 4 rings (SSSR count). The monoisotopic (exact) mass is 448 g/mol. The van der Waals surface area contributed by atoms with Crippen LogP contribution in [0.1, 0.15) is 28.0 Å². The van der Waals surface area contributed by atoms with Crippen LogP contribution < -0.4 is 9.47 Å². The molecule has 2 aromatic carbocycles. The van der Waals surface area contributed by atoms with Gasteiger partial charge in [0.05, 0.1) is 6.61 Å². The van der Waals surface area contributed by atoms with Crippen molar-refractivity contribution in [2.75, 3.05) is 6.61 Å². The Kier molecular flexibility index (Phi) is 6.18. The summed E-state index contributed by atoms with van der Waals surface area (Å²) in [7, 11) is 0. The zero-order valence-electron chi connectivity index (χ0n) is 16.4. The molecule has 0 amide bonds. The fraction of sp³-hybridized carbons (Fsp3) is 0.261. The van der Waals surface area contributed by atoms with Gasteiger partial charge >= 0.3 is 5.97 Å². The van der Waals surface area contributed by atoms with Gasteiger partial charge in [-0.25, -0.2) is 13.2 Å². The van der Waals surface area contributed by atoms with Gasteiger partial charge in [-0.3, -0.25) is 4.79 Å². The highest BCUT2D eigenvalue weighted by Crippen LogP contribution is 2.37. The first-order valence-electron chi connectivity index (χ1n) is 9.70. The van der Waals surface area contributed by atoms with Gasteiger partial charge in [0.15, 0.2) is 17.4 Å². The van der Waals surface area contributed by atoms with Gasteiger partial charge in [0.25, 0.3) is 0 Å². The van der Waals surface area contributed by atoms with Crippen molar-refractivity contribution in [3.05, 3.63) is 68.9 Å². The summed E-state index contributed by atoms with van der Waals surface area (Å²) in [5.41, 5.74) is 3.45. The van der Waals surface area contributed by atoms with Gasteiger partial charge in [0.2, 0.25) is 0 Å². The second-order valence-electron chi connectivity index (χ2n) is 7.18. The van der Waals surface area contributed by atoms with Crippen LogP contribution in [0.4, 0.5) is 13.2 Å². The molecule has 31 heavy (non-hydrogen) atoms. The summed E-state index contributed by atoms with van der Waals surface area (Å²) in [6.07, 6.45) is 0.564. The first kappa shape index (κ1) is 21.2. The number of aryl methyl sites for hydroxylation is 1.